The number of likely N-dealkylation sites (N-methyl/N-ethyl adjacent to an activating group) is 1. The Balaban J connectivity index is 4.18. The van der Waals surface area contributed by atoms with E-state index in [4.69, 9.17) is 16.2 Å². The van der Waals surface area contributed by atoms with E-state index in [0.717, 1.165) is 0 Å². The van der Waals surface area contributed by atoms with Crippen LogP contribution >= 0.6 is 0 Å². The second kappa shape index (κ2) is 6.19. The van der Waals surface area contributed by atoms with E-state index < -0.39 is 5.60 Å². The van der Waals surface area contributed by atoms with Crippen LogP contribution in [0.15, 0.2) is 4.99 Å². The van der Waals surface area contributed by atoms with Crippen LogP contribution in [0.1, 0.15) is 27.7 Å². The summed E-state index contributed by atoms with van der Waals surface area (Å²) in [6, 6.07) is 0. The molecule has 0 aromatic rings. The van der Waals surface area contributed by atoms with Gasteiger partial charge >= 0.3 is 6.09 Å². The molecule has 0 aromatic heterocycles. The van der Waals surface area contributed by atoms with Crippen LogP contribution in [0.5, 0.6) is 0 Å². The van der Waals surface area contributed by atoms with Gasteiger partial charge in [-0.25, -0.2) is 4.79 Å². The fourth-order valence-corrected chi connectivity index (χ4v) is 1.00. The van der Waals surface area contributed by atoms with Crippen molar-refractivity contribution in [3.8, 4) is 0 Å². The molecule has 0 saturated carbocycles. The highest BCUT2D eigenvalue weighted by atomic mass is 16.6. The highest BCUT2D eigenvalue weighted by Crippen LogP contribution is 2.09. The third-order valence-corrected chi connectivity index (χ3v) is 1.70. The Morgan fingerprint density at radius 2 is 1.94 bits per heavy atom. The summed E-state index contributed by atoms with van der Waals surface area (Å²) < 4.78 is 5.22. The Hall–Kier alpha value is -1.46. The highest BCUT2D eigenvalue weighted by Gasteiger charge is 2.20. The predicted octanol–water partition coefficient (Wildman–Crippen LogP) is 0.517. The van der Waals surface area contributed by atoms with Crippen LogP contribution in [0.25, 0.3) is 0 Å². The van der Waals surface area contributed by atoms with Crippen molar-refractivity contribution in [3.63, 3.8) is 0 Å². The maximum atomic E-state index is 11.7. The maximum absolute atomic E-state index is 11.7. The molecular formula is C10H22N4O2. The highest BCUT2D eigenvalue weighted by molar-refractivity contribution is 5.75. The maximum Gasteiger partial charge on any atom is 0.410 e. The van der Waals surface area contributed by atoms with Crippen molar-refractivity contribution in [1.82, 2.24) is 4.90 Å². The second-order valence-corrected chi connectivity index (χ2v) is 4.37. The molecule has 6 nitrogen and oxygen atoms in total. The SMILES string of the molecule is CCN(CCN=C(N)N)C(=O)OC(C)(C)C. The lowest BCUT2D eigenvalue weighted by molar-refractivity contribution is 0.0266. The van der Waals surface area contributed by atoms with Crippen LogP contribution in [-0.4, -0.2) is 42.2 Å². The number of guanidine groups is 1. The molecule has 0 saturated heterocycles. The number of hydrogen-bond acceptors (Lipinski definition) is 3. The third-order valence-electron chi connectivity index (χ3n) is 1.70. The molecule has 0 spiro atoms. The summed E-state index contributed by atoms with van der Waals surface area (Å²) in [5, 5.41) is 0. The second-order valence-electron chi connectivity index (χ2n) is 4.37. The summed E-state index contributed by atoms with van der Waals surface area (Å²) in [6.45, 7) is 8.76. The molecule has 0 aliphatic heterocycles. The van der Waals surface area contributed by atoms with Crippen molar-refractivity contribution in [2.24, 2.45) is 16.5 Å². The molecule has 0 atom stereocenters. The van der Waals surface area contributed by atoms with Gasteiger partial charge in [0.2, 0.25) is 0 Å². The Labute approximate surface area is 96.6 Å². The van der Waals surface area contributed by atoms with Gasteiger partial charge in [0.15, 0.2) is 5.96 Å². The van der Waals surface area contributed by atoms with Gasteiger partial charge in [0.05, 0.1) is 6.54 Å². The molecule has 0 radical (unpaired) electrons. The van der Waals surface area contributed by atoms with Crippen LogP contribution in [0.4, 0.5) is 4.79 Å². The number of ether oxygens (including phenoxy) is 1. The molecule has 0 aliphatic carbocycles. The lowest BCUT2D eigenvalue weighted by Crippen LogP contribution is -2.38. The number of aliphatic imine (C=N–C) groups is 1. The van der Waals surface area contributed by atoms with Crippen LogP contribution in [-0.2, 0) is 4.74 Å². The lowest BCUT2D eigenvalue weighted by Gasteiger charge is -2.26. The van der Waals surface area contributed by atoms with Gasteiger partial charge in [-0.2, -0.15) is 0 Å². The van der Waals surface area contributed by atoms with Crippen LogP contribution in [0.3, 0.4) is 0 Å². The van der Waals surface area contributed by atoms with Gasteiger partial charge < -0.3 is 21.1 Å². The van der Waals surface area contributed by atoms with E-state index in [1.165, 1.54) is 0 Å². The zero-order chi connectivity index (χ0) is 12.8. The van der Waals surface area contributed by atoms with Crippen molar-refractivity contribution < 1.29 is 9.53 Å². The van der Waals surface area contributed by atoms with Gasteiger partial charge in [-0.05, 0) is 27.7 Å². The van der Waals surface area contributed by atoms with Crippen molar-refractivity contribution in [2.75, 3.05) is 19.6 Å². The van der Waals surface area contributed by atoms with E-state index in [-0.39, 0.29) is 12.1 Å². The number of carbonyl (C=O) groups is 1. The topological polar surface area (TPSA) is 93.9 Å². The summed E-state index contributed by atoms with van der Waals surface area (Å²) >= 11 is 0. The normalized spacial score (nSPS) is 10.8. The van der Waals surface area contributed by atoms with Gasteiger partial charge in [0.1, 0.15) is 5.60 Å². The van der Waals surface area contributed by atoms with E-state index >= 15 is 0 Å². The summed E-state index contributed by atoms with van der Waals surface area (Å²) in [5.74, 6) is 0.0280. The summed E-state index contributed by atoms with van der Waals surface area (Å²) in [4.78, 5) is 17.0. The minimum atomic E-state index is -0.485. The molecule has 0 fully saturated rings. The van der Waals surface area contributed by atoms with Crippen LogP contribution in [0.2, 0.25) is 0 Å². The van der Waals surface area contributed by atoms with Gasteiger partial charge in [0.25, 0.3) is 0 Å². The largest absolute Gasteiger partial charge is 0.444 e. The molecule has 4 N–H and O–H groups in total. The molecule has 0 rings (SSSR count). The average molecular weight is 230 g/mol. The molecule has 0 heterocycles. The molecule has 0 bridgehead atoms. The quantitative estimate of drug-likeness (QED) is 0.543. The van der Waals surface area contributed by atoms with Crippen molar-refractivity contribution in [2.45, 2.75) is 33.3 Å². The fourth-order valence-electron chi connectivity index (χ4n) is 1.00. The molecule has 6 heteroatoms. The van der Waals surface area contributed by atoms with E-state index in [1.807, 2.05) is 27.7 Å². The van der Waals surface area contributed by atoms with E-state index in [0.29, 0.717) is 19.6 Å². The molecule has 0 unspecified atom stereocenters. The van der Waals surface area contributed by atoms with E-state index in [1.54, 1.807) is 4.90 Å². The number of carbonyl (C=O) groups excluding carboxylic acids is 1. The molecule has 94 valence electrons. The first kappa shape index (κ1) is 14.5. The van der Waals surface area contributed by atoms with Gasteiger partial charge in [0, 0.05) is 13.1 Å². The van der Waals surface area contributed by atoms with E-state index in [9.17, 15) is 4.79 Å². The van der Waals surface area contributed by atoms with Gasteiger partial charge in [-0.15, -0.1) is 0 Å². The Bertz CT molecular complexity index is 254. The van der Waals surface area contributed by atoms with Gasteiger partial charge in [-0.3, -0.25) is 4.99 Å². The zero-order valence-electron chi connectivity index (χ0n) is 10.5. The molecule has 1 amide bonds. The summed E-state index contributed by atoms with van der Waals surface area (Å²) in [6.07, 6.45) is -0.346. The minimum Gasteiger partial charge on any atom is -0.444 e. The fraction of sp³-hybridized carbons (Fsp3) is 0.800. The Morgan fingerprint density at radius 3 is 2.31 bits per heavy atom. The van der Waals surface area contributed by atoms with Crippen molar-refractivity contribution >= 4 is 12.1 Å². The average Bonchev–Trinajstić information content (AvgIpc) is 2.08. The first-order chi connectivity index (χ1) is 7.26. The van der Waals surface area contributed by atoms with Crippen LogP contribution in [0, 0.1) is 0 Å². The summed E-state index contributed by atoms with van der Waals surface area (Å²) in [5.41, 5.74) is 9.90. The predicted molar refractivity (Wildman–Crippen MR) is 64.2 cm³/mol. The van der Waals surface area contributed by atoms with E-state index in [2.05, 4.69) is 4.99 Å². The number of nitrogens with zero attached hydrogens (tertiary/aromatic N) is 2. The first-order valence-electron chi connectivity index (χ1n) is 5.29. The summed E-state index contributed by atoms with van der Waals surface area (Å²) in [7, 11) is 0. The molecule has 0 aliphatic rings. The molecular weight excluding hydrogens is 208 g/mol. The lowest BCUT2D eigenvalue weighted by atomic mass is 10.2. The van der Waals surface area contributed by atoms with Gasteiger partial charge in [-0.1, -0.05) is 0 Å². The molecule has 16 heavy (non-hydrogen) atoms. The first-order valence-corrected chi connectivity index (χ1v) is 5.29. The van der Waals surface area contributed by atoms with Crippen LogP contribution < -0.4 is 11.5 Å². The van der Waals surface area contributed by atoms with Crippen molar-refractivity contribution in [3.05, 3.63) is 0 Å². The monoisotopic (exact) mass is 230 g/mol. The van der Waals surface area contributed by atoms with Crippen molar-refractivity contribution in [1.29, 1.82) is 0 Å². The zero-order valence-corrected chi connectivity index (χ0v) is 10.5. The minimum absolute atomic E-state index is 0.0280. The Kier molecular flexibility index (Phi) is 5.63. The third kappa shape index (κ3) is 6.92. The smallest absolute Gasteiger partial charge is 0.410 e. The number of nitrogens with two attached hydrogens (primary N) is 2. The number of amides is 1. The Morgan fingerprint density at radius 1 is 1.38 bits per heavy atom. The number of hydrogen-bond donors (Lipinski definition) is 2. The molecule has 0 aromatic carbocycles. The standard InChI is InChI=1S/C10H22N4O2/c1-5-14(7-6-13-8(11)12)9(15)16-10(2,3)4/h5-7H2,1-4H3,(H4,11,12,13). The number of rotatable bonds is 4.